The van der Waals surface area contributed by atoms with Gasteiger partial charge in [-0.3, -0.25) is 14.4 Å². The summed E-state index contributed by atoms with van der Waals surface area (Å²) in [5.41, 5.74) is -0.168. The van der Waals surface area contributed by atoms with Gasteiger partial charge in [0.1, 0.15) is 16.1 Å². The minimum Gasteiger partial charge on any atom is -0.481 e. The number of rotatable bonds is 10. The first kappa shape index (κ1) is 43.6. The topological polar surface area (TPSA) is 186 Å². The average Bonchev–Trinajstić information content (AvgIpc) is 3.01. The highest BCUT2D eigenvalue weighted by atomic mass is 79.9. The van der Waals surface area contributed by atoms with E-state index in [9.17, 15) is 28.8 Å². The minimum atomic E-state index is -1.03. The van der Waals surface area contributed by atoms with E-state index >= 15 is 0 Å². The van der Waals surface area contributed by atoms with Crippen molar-refractivity contribution in [3.8, 4) is 11.8 Å². The summed E-state index contributed by atoms with van der Waals surface area (Å²) in [7, 11) is 2.95. The Bertz CT molecular complexity index is 1410. The molecule has 48 heavy (non-hydrogen) atoms. The number of halogens is 1. The molecule has 15 heteroatoms. The zero-order valence-corrected chi connectivity index (χ0v) is 31.0. The Hall–Kier alpha value is -4.40. The number of ether oxygens (including phenoxy) is 5. The van der Waals surface area contributed by atoms with Crippen LogP contribution in [0.5, 0.6) is 11.8 Å². The van der Waals surface area contributed by atoms with Crippen LogP contribution in [0.15, 0.2) is 28.9 Å². The number of hydrogen-bond acceptors (Lipinski definition) is 13. The van der Waals surface area contributed by atoms with E-state index in [4.69, 9.17) is 9.47 Å². The van der Waals surface area contributed by atoms with Crippen molar-refractivity contribution in [2.45, 2.75) is 68.7 Å². The number of hydrogen-bond donors (Lipinski definition) is 1. The van der Waals surface area contributed by atoms with Crippen LogP contribution < -0.4 is 14.8 Å². The number of carbonyl (C=O) groups is 6. The van der Waals surface area contributed by atoms with E-state index < -0.39 is 29.1 Å². The standard InChI is InChI=1S/C15H20N2O5.C12H16BrNO2.C6H10O4/c1-6-22-13(19)12(18)11-9(7-8-10(17-11)21-5)16-14(20)15(2,3)4;1-12(2,3)9(15)7-8-5-6-10(16-4)14-11(8)13;1-3-9-5(7)6(8)10-4-2/h7-8H,6H2,1-5H3,(H,16,20);5-6H,7H2,1-4H3;3-4H2,1-2H3. The van der Waals surface area contributed by atoms with Crippen molar-refractivity contribution in [3.63, 3.8) is 0 Å². The zero-order valence-electron chi connectivity index (χ0n) is 29.4. The third-order valence-electron chi connectivity index (χ3n) is 5.70. The fourth-order valence-corrected chi connectivity index (χ4v) is 3.39. The van der Waals surface area contributed by atoms with Gasteiger partial charge in [0.2, 0.25) is 17.7 Å². The number of anilines is 1. The van der Waals surface area contributed by atoms with Gasteiger partial charge in [-0.15, -0.1) is 0 Å². The van der Waals surface area contributed by atoms with Gasteiger partial charge in [-0.1, -0.05) is 47.6 Å². The van der Waals surface area contributed by atoms with Crippen LogP contribution in [-0.2, 0) is 44.6 Å². The Labute approximate surface area is 289 Å². The van der Waals surface area contributed by atoms with Crippen molar-refractivity contribution < 1.29 is 52.5 Å². The Balaban J connectivity index is 0.000000744. The number of esters is 3. The molecule has 0 aliphatic carbocycles. The maximum absolute atomic E-state index is 12.1. The van der Waals surface area contributed by atoms with Gasteiger partial charge in [0, 0.05) is 29.4 Å². The van der Waals surface area contributed by atoms with Crippen LogP contribution in [0, 0.1) is 10.8 Å². The number of nitrogens with one attached hydrogen (secondary N) is 1. The van der Waals surface area contributed by atoms with E-state index in [-0.39, 0.29) is 54.2 Å². The van der Waals surface area contributed by atoms with Crippen LogP contribution in [0.4, 0.5) is 5.69 Å². The molecule has 0 bridgehead atoms. The molecule has 0 saturated heterocycles. The normalized spacial score (nSPS) is 10.5. The number of ketones is 2. The lowest BCUT2D eigenvalue weighted by Crippen LogP contribution is -2.29. The van der Waals surface area contributed by atoms with Gasteiger partial charge < -0.3 is 29.0 Å². The molecule has 0 aromatic carbocycles. The molecule has 0 radical (unpaired) electrons. The molecule has 14 nitrogen and oxygen atoms in total. The van der Waals surface area contributed by atoms with Crippen LogP contribution in [-0.4, -0.2) is 79.4 Å². The summed E-state index contributed by atoms with van der Waals surface area (Å²) in [5, 5.41) is 2.59. The summed E-state index contributed by atoms with van der Waals surface area (Å²) in [6.45, 7) is 16.2. The summed E-state index contributed by atoms with van der Waals surface area (Å²) < 4.78 is 24.0. The van der Waals surface area contributed by atoms with E-state index in [1.54, 1.807) is 54.7 Å². The first-order valence-corrected chi connectivity index (χ1v) is 15.7. The second-order valence-electron chi connectivity index (χ2n) is 11.6. The molecule has 0 unspecified atom stereocenters. The lowest BCUT2D eigenvalue weighted by molar-refractivity contribution is -0.167. The summed E-state index contributed by atoms with van der Waals surface area (Å²) in [6, 6.07) is 6.57. The third-order valence-corrected chi connectivity index (χ3v) is 6.39. The van der Waals surface area contributed by atoms with Crippen molar-refractivity contribution in [1.29, 1.82) is 0 Å². The fraction of sp³-hybridized carbons (Fsp3) is 0.515. The van der Waals surface area contributed by atoms with Crippen LogP contribution in [0.3, 0.4) is 0 Å². The number of pyridine rings is 2. The lowest BCUT2D eigenvalue weighted by atomic mass is 9.87. The molecule has 0 fully saturated rings. The van der Waals surface area contributed by atoms with E-state index in [0.717, 1.165) is 5.56 Å². The molecule has 1 amide bonds. The Morgan fingerprint density at radius 2 is 1.15 bits per heavy atom. The quantitative estimate of drug-likeness (QED) is 0.114. The SMILES string of the molecule is CCOC(=O)C(=O)OCC.CCOC(=O)C(=O)c1nc(OC)ccc1NC(=O)C(C)(C)C.COc1ccc(CC(=O)C(C)(C)C)c(Br)n1. The molecule has 2 aromatic heterocycles. The number of nitrogens with zero attached hydrogens (tertiary/aromatic N) is 2. The molecular formula is C33H46BrN3O11. The van der Waals surface area contributed by atoms with E-state index in [1.165, 1.54) is 19.2 Å². The molecule has 2 rings (SSSR count). The Morgan fingerprint density at radius 1 is 0.688 bits per heavy atom. The van der Waals surface area contributed by atoms with E-state index in [2.05, 4.69) is 45.4 Å². The van der Waals surface area contributed by atoms with Crippen LogP contribution in [0.1, 0.15) is 78.4 Å². The minimum absolute atomic E-state index is 0.0677. The maximum atomic E-state index is 12.1. The van der Waals surface area contributed by atoms with Crippen molar-refractivity contribution in [3.05, 3.63) is 40.1 Å². The number of amides is 1. The number of carbonyl (C=O) groups excluding carboxylic acids is 6. The molecule has 2 aromatic rings. The Morgan fingerprint density at radius 3 is 1.56 bits per heavy atom. The zero-order chi connectivity index (χ0) is 37.2. The van der Waals surface area contributed by atoms with Crippen molar-refractivity contribution in [2.75, 3.05) is 39.4 Å². The molecule has 266 valence electrons. The largest absolute Gasteiger partial charge is 0.481 e. The second-order valence-corrected chi connectivity index (χ2v) is 12.3. The van der Waals surface area contributed by atoms with Gasteiger partial charge in [0.05, 0.1) is 39.7 Å². The third kappa shape index (κ3) is 15.5. The average molecular weight is 741 g/mol. The fourth-order valence-electron chi connectivity index (χ4n) is 2.94. The van der Waals surface area contributed by atoms with Gasteiger partial charge in [0.15, 0.2) is 0 Å². The maximum Gasteiger partial charge on any atom is 0.417 e. The predicted octanol–water partition coefficient (Wildman–Crippen LogP) is 4.94. The van der Waals surface area contributed by atoms with Crippen LogP contribution >= 0.6 is 15.9 Å². The molecule has 0 atom stereocenters. The predicted molar refractivity (Wildman–Crippen MR) is 180 cm³/mol. The van der Waals surface area contributed by atoms with Gasteiger partial charge in [-0.25, -0.2) is 24.4 Å². The summed E-state index contributed by atoms with van der Waals surface area (Å²) in [5.74, 6) is -3.24. The molecular weight excluding hydrogens is 694 g/mol. The first-order valence-electron chi connectivity index (χ1n) is 14.9. The monoisotopic (exact) mass is 739 g/mol. The Kier molecular flexibility index (Phi) is 18.9. The second kappa shape index (κ2) is 20.8. The smallest absolute Gasteiger partial charge is 0.417 e. The summed E-state index contributed by atoms with van der Waals surface area (Å²) in [4.78, 5) is 76.6. The number of methoxy groups -OCH3 is 2. The summed E-state index contributed by atoms with van der Waals surface area (Å²) in [6.07, 6.45) is 0.390. The molecule has 0 aliphatic heterocycles. The molecule has 0 aliphatic rings. The summed E-state index contributed by atoms with van der Waals surface area (Å²) >= 11 is 3.34. The van der Waals surface area contributed by atoms with Gasteiger partial charge >= 0.3 is 17.9 Å². The molecule has 0 saturated carbocycles. The highest BCUT2D eigenvalue weighted by Crippen LogP contribution is 2.24. The first-order chi connectivity index (χ1) is 22.3. The van der Waals surface area contributed by atoms with Gasteiger partial charge in [-0.05, 0) is 48.3 Å². The number of Topliss-reactive ketones (excluding diaryl/α,β-unsaturated/α-hetero) is 2. The van der Waals surface area contributed by atoms with Gasteiger partial charge in [0.25, 0.3) is 5.78 Å². The van der Waals surface area contributed by atoms with Crippen molar-refractivity contribution >= 4 is 57.0 Å². The van der Waals surface area contributed by atoms with Gasteiger partial charge in [-0.2, -0.15) is 0 Å². The van der Waals surface area contributed by atoms with E-state index in [1.807, 2.05) is 26.8 Å². The molecule has 0 spiro atoms. The highest BCUT2D eigenvalue weighted by Gasteiger charge is 2.27. The van der Waals surface area contributed by atoms with Crippen LogP contribution in [0.2, 0.25) is 0 Å². The van der Waals surface area contributed by atoms with Crippen molar-refractivity contribution in [1.82, 2.24) is 9.97 Å². The van der Waals surface area contributed by atoms with Crippen LogP contribution in [0.25, 0.3) is 0 Å². The number of aromatic nitrogens is 2. The highest BCUT2D eigenvalue weighted by molar-refractivity contribution is 9.10. The van der Waals surface area contributed by atoms with E-state index in [0.29, 0.717) is 16.9 Å². The molecule has 2 heterocycles. The lowest BCUT2D eigenvalue weighted by Gasteiger charge is -2.18. The van der Waals surface area contributed by atoms with Crippen molar-refractivity contribution in [2.24, 2.45) is 10.8 Å². The molecule has 1 N–H and O–H groups in total.